The topological polar surface area (TPSA) is 0 Å². The van der Waals surface area contributed by atoms with E-state index in [1.807, 2.05) is 0 Å². The molecule has 0 radical (unpaired) electrons. The Morgan fingerprint density at radius 3 is 2.15 bits per heavy atom. The number of benzene rings is 3. The highest BCUT2D eigenvalue weighted by molar-refractivity contribution is 9.08. The Labute approximate surface area is 136 Å². The van der Waals surface area contributed by atoms with Crippen LogP contribution in [0.2, 0.25) is 0 Å². The molecule has 0 spiro atoms. The molecule has 100 valence electrons. The summed E-state index contributed by atoms with van der Waals surface area (Å²) in [6.07, 6.45) is 0. The van der Waals surface area contributed by atoms with Crippen molar-refractivity contribution in [3.05, 3.63) is 71.8 Å². The van der Waals surface area contributed by atoms with E-state index < -0.39 is 0 Å². The van der Waals surface area contributed by atoms with E-state index in [0.717, 1.165) is 10.7 Å². The van der Waals surface area contributed by atoms with Crippen molar-refractivity contribution in [3.8, 4) is 11.1 Å². The second kappa shape index (κ2) is 6.11. The third kappa shape index (κ3) is 2.43. The van der Waals surface area contributed by atoms with Gasteiger partial charge in [-0.25, -0.2) is 0 Å². The minimum absolute atomic E-state index is 0.865. The molecule has 0 amide bonds. The standard InChI is InChI=1S/C18H14Br2/c19-11-14-6-2-4-8-17(14)18-15(12-20)10-9-13-5-1-3-7-16(13)18/h1-10H,11-12H2. The Morgan fingerprint density at radius 1 is 0.650 bits per heavy atom. The molecule has 0 aromatic heterocycles. The zero-order chi connectivity index (χ0) is 13.9. The molecule has 2 heteroatoms. The number of hydrogen-bond acceptors (Lipinski definition) is 0. The van der Waals surface area contributed by atoms with Crippen molar-refractivity contribution in [1.82, 2.24) is 0 Å². The molecule has 0 unspecified atom stereocenters. The molecule has 3 rings (SSSR count). The molecular weight excluding hydrogens is 376 g/mol. The predicted octanol–water partition coefficient (Wildman–Crippen LogP) is 6.30. The number of rotatable bonds is 3. The Morgan fingerprint density at radius 2 is 1.35 bits per heavy atom. The molecule has 3 aromatic rings. The fourth-order valence-electron chi connectivity index (χ4n) is 2.63. The van der Waals surface area contributed by atoms with Gasteiger partial charge in [0.1, 0.15) is 0 Å². The summed E-state index contributed by atoms with van der Waals surface area (Å²) in [6, 6.07) is 21.6. The third-order valence-corrected chi connectivity index (χ3v) is 4.80. The lowest BCUT2D eigenvalue weighted by Crippen LogP contribution is -1.92. The van der Waals surface area contributed by atoms with E-state index in [9.17, 15) is 0 Å². The van der Waals surface area contributed by atoms with Crippen LogP contribution >= 0.6 is 31.9 Å². The molecule has 0 aliphatic rings. The lowest BCUT2D eigenvalue weighted by Gasteiger charge is -2.15. The fourth-order valence-corrected chi connectivity index (χ4v) is 3.58. The van der Waals surface area contributed by atoms with Gasteiger partial charge in [0.2, 0.25) is 0 Å². The van der Waals surface area contributed by atoms with Crippen molar-refractivity contribution in [1.29, 1.82) is 0 Å². The molecule has 0 saturated heterocycles. The smallest absolute Gasteiger partial charge is 0.0289 e. The van der Waals surface area contributed by atoms with E-state index in [0.29, 0.717) is 0 Å². The van der Waals surface area contributed by atoms with Crippen molar-refractivity contribution < 1.29 is 0 Å². The summed E-state index contributed by atoms with van der Waals surface area (Å²) in [5.74, 6) is 0. The Balaban J connectivity index is 2.39. The lowest BCUT2D eigenvalue weighted by molar-refractivity contribution is 1.39. The van der Waals surface area contributed by atoms with E-state index in [-0.39, 0.29) is 0 Å². The average Bonchev–Trinajstić information content (AvgIpc) is 2.53. The average molecular weight is 390 g/mol. The van der Waals surface area contributed by atoms with Crippen LogP contribution < -0.4 is 0 Å². The summed E-state index contributed by atoms with van der Waals surface area (Å²) < 4.78 is 0. The molecule has 0 fully saturated rings. The number of fused-ring (bicyclic) bond motifs is 1. The van der Waals surface area contributed by atoms with Crippen molar-refractivity contribution in [3.63, 3.8) is 0 Å². The zero-order valence-electron chi connectivity index (χ0n) is 10.9. The van der Waals surface area contributed by atoms with Crippen LogP contribution in [0, 0.1) is 0 Å². The maximum Gasteiger partial charge on any atom is 0.0289 e. The highest BCUT2D eigenvalue weighted by Gasteiger charge is 2.11. The number of halogens is 2. The van der Waals surface area contributed by atoms with E-state index >= 15 is 0 Å². The van der Waals surface area contributed by atoms with Crippen LogP contribution in [0.4, 0.5) is 0 Å². The van der Waals surface area contributed by atoms with Gasteiger partial charge in [-0.15, -0.1) is 0 Å². The summed E-state index contributed by atoms with van der Waals surface area (Å²) in [5.41, 5.74) is 5.31. The van der Waals surface area contributed by atoms with Gasteiger partial charge in [0, 0.05) is 10.7 Å². The van der Waals surface area contributed by atoms with Gasteiger partial charge in [0.05, 0.1) is 0 Å². The second-order valence-electron chi connectivity index (χ2n) is 4.75. The number of hydrogen-bond donors (Lipinski definition) is 0. The Kier molecular flexibility index (Phi) is 4.23. The maximum absolute atomic E-state index is 3.63. The van der Waals surface area contributed by atoms with E-state index in [1.165, 1.54) is 33.0 Å². The summed E-state index contributed by atoms with van der Waals surface area (Å²) >= 11 is 7.23. The quantitative estimate of drug-likeness (QED) is 0.461. The Hall–Kier alpha value is -1.12. The summed E-state index contributed by atoms with van der Waals surface area (Å²) in [6.45, 7) is 0. The predicted molar refractivity (Wildman–Crippen MR) is 94.6 cm³/mol. The first-order chi connectivity index (χ1) is 9.85. The maximum atomic E-state index is 3.63. The molecule has 3 aromatic carbocycles. The molecule has 20 heavy (non-hydrogen) atoms. The molecule has 0 saturated carbocycles. The van der Waals surface area contributed by atoms with Crippen LogP contribution in [-0.2, 0) is 10.7 Å². The van der Waals surface area contributed by atoms with E-state index in [2.05, 4.69) is 92.5 Å². The summed E-state index contributed by atoms with van der Waals surface area (Å²) in [4.78, 5) is 0. The Bertz CT molecular complexity index is 747. The molecule has 0 bridgehead atoms. The molecule has 0 N–H and O–H groups in total. The largest absolute Gasteiger partial charge is 0.0876 e. The third-order valence-electron chi connectivity index (χ3n) is 3.59. The van der Waals surface area contributed by atoms with Gasteiger partial charge in [-0.05, 0) is 33.0 Å². The highest BCUT2D eigenvalue weighted by atomic mass is 79.9. The van der Waals surface area contributed by atoms with Gasteiger partial charge < -0.3 is 0 Å². The minimum Gasteiger partial charge on any atom is -0.0876 e. The normalized spacial score (nSPS) is 10.9. The van der Waals surface area contributed by atoms with Crippen LogP contribution in [0.1, 0.15) is 11.1 Å². The highest BCUT2D eigenvalue weighted by Crippen LogP contribution is 2.35. The number of alkyl halides is 2. The van der Waals surface area contributed by atoms with Crippen LogP contribution in [0.15, 0.2) is 60.7 Å². The van der Waals surface area contributed by atoms with Crippen LogP contribution in [0.3, 0.4) is 0 Å². The van der Waals surface area contributed by atoms with Crippen molar-refractivity contribution in [2.75, 3.05) is 0 Å². The summed E-state index contributed by atoms with van der Waals surface area (Å²) in [5, 5.41) is 4.34. The van der Waals surface area contributed by atoms with Gasteiger partial charge in [-0.3, -0.25) is 0 Å². The first-order valence-electron chi connectivity index (χ1n) is 6.56. The molecule has 0 aliphatic carbocycles. The zero-order valence-corrected chi connectivity index (χ0v) is 14.1. The van der Waals surface area contributed by atoms with Crippen LogP contribution in [-0.4, -0.2) is 0 Å². The molecule has 0 heterocycles. The molecule has 0 aliphatic heterocycles. The SMILES string of the molecule is BrCc1ccccc1-c1c(CBr)ccc2ccccc12. The summed E-state index contributed by atoms with van der Waals surface area (Å²) in [7, 11) is 0. The van der Waals surface area contributed by atoms with Gasteiger partial charge in [0.25, 0.3) is 0 Å². The van der Waals surface area contributed by atoms with E-state index in [1.54, 1.807) is 0 Å². The van der Waals surface area contributed by atoms with Crippen LogP contribution in [0.25, 0.3) is 21.9 Å². The van der Waals surface area contributed by atoms with Crippen molar-refractivity contribution >= 4 is 42.6 Å². The van der Waals surface area contributed by atoms with Crippen molar-refractivity contribution in [2.45, 2.75) is 10.7 Å². The van der Waals surface area contributed by atoms with Gasteiger partial charge >= 0.3 is 0 Å². The molecule has 0 nitrogen and oxygen atoms in total. The first-order valence-corrected chi connectivity index (χ1v) is 8.80. The lowest BCUT2D eigenvalue weighted by atomic mass is 9.91. The monoisotopic (exact) mass is 388 g/mol. The van der Waals surface area contributed by atoms with Crippen LogP contribution in [0.5, 0.6) is 0 Å². The first kappa shape index (κ1) is 13.8. The molecule has 0 atom stereocenters. The van der Waals surface area contributed by atoms with Gasteiger partial charge in [0.15, 0.2) is 0 Å². The minimum atomic E-state index is 0.865. The van der Waals surface area contributed by atoms with Gasteiger partial charge in [-0.2, -0.15) is 0 Å². The fraction of sp³-hybridized carbons (Fsp3) is 0.111. The van der Waals surface area contributed by atoms with E-state index in [4.69, 9.17) is 0 Å². The second-order valence-corrected chi connectivity index (χ2v) is 5.87. The van der Waals surface area contributed by atoms with Gasteiger partial charge in [-0.1, -0.05) is 92.5 Å². The van der Waals surface area contributed by atoms with Crippen molar-refractivity contribution in [2.24, 2.45) is 0 Å². The molecular formula is C18H14Br2.